The lowest BCUT2D eigenvalue weighted by Gasteiger charge is -2.18. The van der Waals surface area contributed by atoms with E-state index in [0.717, 1.165) is 109 Å². The van der Waals surface area contributed by atoms with Crippen molar-refractivity contribution in [3.05, 3.63) is 109 Å². The summed E-state index contributed by atoms with van der Waals surface area (Å²) in [5, 5.41) is 0. The standard InChI is InChI=1S/C58H94O6/c1-4-7-10-13-16-19-22-25-27-28-29-30-32-33-36-39-42-45-48-51-57(60)63-54-55(53-62-56(59)50-47-44-41-38-35-24-21-18-15-12-9-6-3)64-58(61)52-49-46-43-40-37-34-31-26-23-20-17-14-11-8-5-2/h7,9-10,12,16,18-21,23,25,27,29-30,33,36,42,45,55H,4-6,8,11,13-15,17,22,24,26,28,31-32,34-35,37-41,43-44,46-54H2,1-3H3/b10-7-,12-9-,19-16-,21-18-,23-20-,27-25-,30-29-,36-33-,45-42-. The molecule has 0 aliphatic carbocycles. The van der Waals surface area contributed by atoms with Crippen molar-refractivity contribution in [2.75, 3.05) is 13.2 Å². The Morgan fingerprint density at radius 1 is 0.328 bits per heavy atom. The minimum Gasteiger partial charge on any atom is -0.462 e. The Balaban J connectivity index is 4.52. The van der Waals surface area contributed by atoms with Gasteiger partial charge in [-0.2, -0.15) is 0 Å². The molecular formula is C58H94O6. The van der Waals surface area contributed by atoms with Crippen molar-refractivity contribution in [3.8, 4) is 0 Å². The highest BCUT2D eigenvalue weighted by atomic mass is 16.6. The lowest BCUT2D eigenvalue weighted by atomic mass is 10.1. The fraction of sp³-hybridized carbons (Fsp3) is 0.638. The molecule has 362 valence electrons. The molecule has 0 saturated carbocycles. The Hall–Kier alpha value is -3.93. The molecule has 0 saturated heterocycles. The van der Waals surface area contributed by atoms with E-state index in [0.29, 0.717) is 19.3 Å². The van der Waals surface area contributed by atoms with Gasteiger partial charge in [0.25, 0.3) is 0 Å². The van der Waals surface area contributed by atoms with Crippen LogP contribution in [-0.2, 0) is 28.6 Å². The summed E-state index contributed by atoms with van der Waals surface area (Å²) in [6, 6.07) is 0. The van der Waals surface area contributed by atoms with Gasteiger partial charge < -0.3 is 14.2 Å². The SMILES string of the molecule is CC/C=C\C/C=C\C/C=C\C/C=C\C/C=C\C/C=C\CCC(=O)OCC(COC(=O)CCCCCCC/C=C\C/C=C\CC)OC(=O)CCCCCCCCC/C=C\CCCCCC. The second kappa shape index (κ2) is 51.7. The average Bonchev–Trinajstić information content (AvgIpc) is 3.29. The molecule has 64 heavy (non-hydrogen) atoms. The van der Waals surface area contributed by atoms with Crippen molar-refractivity contribution in [2.24, 2.45) is 0 Å². The Morgan fingerprint density at radius 3 is 1.06 bits per heavy atom. The van der Waals surface area contributed by atoms with Crippen LogP contribution in [0.25, 0.3) is 0 Å². The quantitative estimate of drug-likeness (QED) is 0.0262. The molecule has 0 bridgehead atoms. The maximum absolute atomic E-state index is 12.8. The third-order valence-corrected chi connectivity index (χ3v) is 10.5. The summed E-state index contributed by atoms with van der Waals surface area (Å²) in [6.07, 6.45) is 69.4. The van der Waals surface area contributed by atoms with E-state index in [1.807, 2.05) is 12.2 Å². The monoisotopic (exact) mass is 887 g/mol. The van der Waals surface area contributed by atoms with Crippen molar-refractivity contribution >= 4 is 17.9 Å². The number of hydrogen-bond donors (Lipinski definition) is 0. The van der Waals surface area contributed by atoms with Gasteiger partial charge in [-0.3, -0.25) is 14.4 Å². The molecule has 6 nitrogen and oxygen atoms in total. The van der Waals surface area contributed by atoms with E-state index in [1.54, 1.807) is 0 Å². The molecule has 0 aromatic rings. The molecule has 1 atom stereocenters. The fourth-order valence-electron chi connectivity index (χ4n) is 6.68. The summed E-state index contributed by atoms with van der Waals surface area (Å²) in [5.41, 5.74) is 0. The van der Waals surface area contributed by atoms with Crippen LogP contribution in [0.15, 0.2) is 109 Å². The first-order valence-electron chi connectivity index (χ1n) is 25.9. The third kappa shape index (κ3) is 49.1. The van der Waals surface area contributed by atoms with Crippen LogP contribution in [0.3, 0.4) is 0 Å². The molecule has 0 N–H and O–H groups in total. The van der Waals surface area contributed by atoms with Crippen LogP contribution in [-0.4, -0.2) is 37.2 Å². The van der Waals surface area contributed by atoms with Gasteiger partial charge in [0.1, 0.15) is 13.2 Å². The first-order valence-corrected chi connectivity index (χ1v) is 25.9. The summed E-state index contributed by atoms with van der Waals surface area (Å²) in [7, 11) is 0. The smallest absolute Gasteiger partial charge is 0.306 e. The Kier molecular flexibility index (Phi) is 48.5. The van der Waals surface area contributed by atoms with Crippen LogP contribution in [0.4, 0.5) is 0 Å². The molecule has 0 amide bonds. The van der Waals surface area contributed by atoms with E-state index in [2.05, 4.69) is 118 Å². The molecule has 0 aliphatic heterocycles. The molecule has 0 fully saturated rings. The number of unbranched alkanes of at least 4 members (excludes halogenated alkanes) is 16. The topological polar surface area (TPSA) is 78.9 Å². The van der Waals surface area contributed by atoms with Crippen molar-refractivity contribution in [3.63, 3.8) is 0 Å². The largest absolute Gasteiger partial charge is 0.462 e. The minimum absolute atomic E-state index is 0.112. The molecule has 0 aromatic heterocycles. The zero-order chi connectivity index (χ0) is 46.5. The van der Waals surface area contributed by atoms with Crippen LogP contribution in [0, 0.1) is 0 Å². The lowest BCUT2D eigenvalue weighted by Crippen LogP contribution is -2.30. The van der Waals surface area contributed by atoms with Crippen LogP contribution in [0.2, 0.25) is 0 Å². The maximum Gasteiger partial charge on any atom is 0.306 e. The number of carbonyl (C=O) groups excluding carboxylic acids is 3. The van der Waals surface area contributed by atoms with Gasteiger partial charge in [-0.25, -0.2) is 0 Å². The van der Waals surface area contributed by atoms with Crippen LogP contribution < -0.4 is 0 Å². The number of rotatable bonds is 45. The van der Waals surface area contributed by atoms with Gasteiger partial charge >= 0.3 is 17.9 Å². The number of ether oxygens (including phenoxy) is 3. The molecule has 0 aliphatic rings. The fourth-order valence-corrected chi connectivity index (χ4v) is 6.68. The zero-order valence-corrected chi connectivity index (χ0v) is 41.3. The van der Waals surface area contributed by atoms with E-state index < -0.39 is 6.10 Å². The normalized spacial score (nSPS) is 13.0. The van der Waals surface area contributed by atoms with Crippen LogP contribution in [0.1, 0.15) is 220 Å². The average molecular weight is 887 g/mol. The van der Waals surface area contributed by atoms with Crippen LogP contribution in [0.5, 0.6) is 0 Å². The highest BCUT2D eigenvalue weighted by Crippen LogP contribution is 2.13. The van der Waals surface area contributed by atoms with E-state index in [1.165, 1.54) is 64.2 Å². The van der Waals surface area contributed by atoms with Crippen LogP contribution >= 0.6 is 0 Å². The number of esters is 3. The molecule has 6 heteroatoms. The highest BCUT2D eigenvalue weighted by molar-refractivity contribution is 5.71. The lowest BCUT2D eigenvalue weighted by molar-refractivity contribution is -0.166. The summed E-state index contributed by atoms with van der Waals surface area (Å²) < 4.78 is 16.7. The van der Waals surface area contributed by atoms with Gasteiger partial charge in [-0.1, -0.05) is 201 Å². The van der Waals surface area contributed by atoms with Crippen molar-refractivity contribution in [2.45, 2.75) is 226 Å². The highest BCUT2D eigenvalue weighted by Gasteiger charge is 2.19. The maximum atomic E-state index is 12.8. The number of allylic oxidation sites excluding steroid dienone is 18. The van der Waals surface area contributed by atoms with Gasteiger partial charge in [0.05, 0.1) is 0 Å². The van der Waals surface area contributed by atoms with Crippen molar-refractivity contribution in [1.82, 2.24) is 0 Å². The Labute approximate surface area is 393 Å². The first kappa shape index (κ1) is 60.1. The molecule has 0 rings (SSSR count). The van der Waals surface area contributed by atoms with Gasteiger partial charge in [-0.15, -0.1) is 0 Å². The number of carbonyl (C=O) groups is 3. The second-order valence-electron chi connectivity index (χ2n) is 16.7. The summed E-state index contributed by atoms with van der Waals surface area (Å²) in [5.74, 6) is -1.02. The second-order valence-corrected chi connectivity index (χ2v) is 16.7. The molecule has 0 radical (unpaired) electrons. The third-order valence-electron chi connectivity index (χ3n) is 10.5. The van der Waals surface area contributed by atoms with E-state index >= 15 is 0 Å². The summed E-state index contributed by atoms with van der Waals surface area (Å²) in [4.78, 5) is 37.9. The summed E-state index contributed by atoms with van der Waals surface area (Å²) >= 11 is 0. The molecule has 0 spiro atoms. The molecule has 1 unspecified atom stereocenters. The molecule has 0 heterocycles. The number of hydrogen-bond acceptors (Lipinski definition) is 6. The predicted molar refractivity (Wildman–Crippen MR) is 274 cm³/mol. The van der Waals surface area contributed by atoms with Crippen molar-refractivity contribution < 1.29 is 28.6 Å². The summed E-state index contributed by atoms with van der Waals surface area (Å²) in [6.45, 7) is 6.31. The van der Waals surface area contributed by atoms with Gasteiger partial charge in [-0.05, 0) is 109 Å². The van der Waals surface area contributed by atoms with Crippen molar-refractivity contribution in [1.29, 1.82) is 0 Å². The Morgan fingerprint density at radius 2 is 0.641 bits per heavy atom. The van der Waals surface area contributed by atoms with Gasteiger partial charge in [0.2, 0.25) is 0 Å². The van der Waals surface area contributed by atoms with E-state index in [-0.39, 0.29) is 37.5 Å². The predicted octanol–water partition coefficient (Wildman–Crippen LogP) is 17.1. The van der Waals surface area contributed by atoms with Gasteiger partial charge in [0, 0.05) is 19.3 Å². The Bertz CT molecular complexity index is 1340. The van der Waals surface area contributed by atoms with Gasteiger partial charge in [0.15, 0.2) is 6.10 Å². The molecule has 0 aromatic carbocycles. The first-order chi connectivity index (χ1) is 31.5. The molecular weight excluding hydrogens is 793 g/mol. The van der Waals surface area contributed by atoms with E-state index in [4.69, 9.17) is 14.2 Å². The zero-order valence-electron chi connectivity index (χ0n) is 41.3. The van der Waals surface area contributed by atoms with E-state index in [9.17, 15) is 14.4 Å². The minimum atomic E-state index is -0.817.